The van der Waals surface area contributed by atoms with Crippen LogP contribution in [0.4, 0.5) is 0 Å². The lowest BCUT2D eigenvalue weighted by molar-refractivity contribution is -0.263. The highest BCUT2D eigenvalue weighted by atomic mass is 35.5. The number of carbonyl (C=O) groups excluding carboxylic acids is 1. The normalized spacial score (nSPS) is 40.7. The van der Waals surface area contributed by atoms with E-state index < -0.39 is 6.41 Å². The Labute approximate surface area is 169 Å². The fourth-order valence-corrected chi connectivity index (χ4v) is 6.56. The van der Waals surface area contributed by atoms with Crippen molar-refractivity contribution >= 4 is 17.5 Å². The minimum atomic E-state index is -0.927. The number of ether oxygens (including phenoxy) is 1. The molecule has 8 heteroatoms. The molecule has 5 aliphatic rings. The molecular weight excluding hydrogens is 380 g/mol. The van der Waals surface area contributed by atoms with Crippen molar-refractivity contribution in [1.29, 1.82) is 0 Å². The molecule has 5 fully saturated rings. The van der Waals surface area contributed by atoms with Crippen molar-refractivity contribution in [1.82, 2.24) is 14.9 Å². The third kappa shape index (κ3) is 3.12. The molecule has 3 N–H and O–H groups in total. The van der Waals surface area contributed by atoms with Gasteiger partial charge in [-0.15, -0.1) is 0 Å². The van der Waals surface area contributed by atoms with Crippen molar-refractivity contribution in [2.24, 2.45) is 28.9 Å². The van der Waals surface area contributed by atoms with Crippen molar-refractivity contribution in [3.8, 4) is 0 Å². The van der Waals surface area contributed by atoms with Gasteiger partial charge in [-0.2, -0.15) is 0 Å². The lowest BCUT2D eigenvalue weighted by atomic mass is 9.48. The van der Waals surface area contributed by atoms with Crippen molar-refractivity contribution in [2.75, 3.05) is 13.1 Å². The van der Waals surface area contributed by atoms with Gasteiger partial charge in [0.25, 0.3) is 0 Å². The highest BCUT2D eigenvalue weighted by Gasteiger charge is 2.58. The molecule has 4 bridgehead atoms. The van der Waals surface area contributed by atoms with E-state index in [1.807, 2.05) is 4.90 Å². The van der Waals surface area contributed by atoms with Crippen molar-refractivity contribution in [3.05, 3.63) is 23.2 Å². The Balaban J connectivity index is 1.23. The molecule has 1 aliphatic heterocycles. The smallest absolute Gasteiger partial charge is 0.223 e. The number of carbonyl (C=O) groups is 1. The van der Waals surface area contributed by atoms with Crippen LogP contribution in [0.15, 0.2) is 12.4 Å². The molecule has 4 saturated carbocycles. The quantitative estimate of drug-likeness (QED) is 0.724. The maximum atomic E-state index is 12.1. The summed E-state index contributed by atoms with van der Waals surface area (Å²) in [7, 11) is 0. The number of nitrogens with two attached hydrogens (primary N) is 1. The lowest BCUT2D eigenvalue weighted by Gasteiger charge is -2.58. The summed E-state index contributed by atoms with van der Waals surface area (Å²) in [4.78, 5) is 22.7. The predicted molar refractivity (Wildman–Crippen MR) is 102 cm³/mol. The van der Waals surface area contributed by atoms with Crippen molar-refractivity contribution < 1.29 is 14.6 Å². The summed E-state index contributed by atoms with van der Waals surface area (Å²) in [5.74, 6) is 2.03. The molecule has 2 heterocycles. The SMILES string of the molecule is NC(=O)C12CC3CC(C1)C(OC(O)N1CCC(c4ncc(Cl)cn4)C1)C(C3)C2. The zero-order valence-corrected chi connectivity index (χ0v) is 16.6. The molecule has 0 aromatic carbocycles. The molecular formula is C20H27ClN4O3. The zero-order chi connectivity index (χ0) is 19.5. The van der Waals surface area contributed by atoms with E-state index >= 15 is 0 Å². The molecule has 4 unspecified atom stereocenters. The third-order valence-electron chi connectivity index (χ3n) is 7.53. The number of aliphatic hydroxyl groups is 1. The molecule has 1 aromatic rings. The van der Waals surface area contributed by atoms with Crippen LogP contribution in [0.5, 0.6) is 0 Å². The molecule has 152 valence electrons. The molecule has 7 nitrogen and oxygen atoms in total. The number of aliphatic hydroxyl groups excluding tert-OH is 1. The molecule has 0 radical (unpaired) electrons. The molecule has 0 spiro atoms. The first-order valence-electron chi connectivity index (χ1n) is 10.3. The van der Waals surface area contributed by atoms with E-state index in [9.17, 15) is 9.90 Å². The number of nitrogens with zero attached hydrogens (tertiary/aromatic N) is 3. The highest BCUT2D eigenvalue weighted by molar-refractivity contribution is 6.30. The zero-order valence-electron chi connectivity index (χ0n) is 15.8. The summed E-state index contributed by atoms with van der Waals surface area (Å²) >= 11 is 5.87. The first kappa shape index (κ1) is 18.7. The second kappa shape index (κ2) is 6.90. The van der Waals surface area contributed by atoms with Gasteiger partial charge in [0.15, 0.2) is 0 Å². The number of rotatable bonds is 5. The van der Waals surface area contributed by atoms with E-state index in [0.717, 1.165) is 50.9 Å². The Bertz CT molecular complexity index is 744. The van der Waals surface area contributed by atoms with Crippen LogP contribution in [-0.4, -0.2) is 51.5 Å². The van der Waals surface area contributed by atoms with Crippen LogP contribution in [0.1, 0.15) is 50.3 Å². The van der Waals surface area contributed by atoms with Gasteiger partial charge < -0.3 is 15.6 Å². The summed E-state index contributed by atoms with van der Waals surface area (Å²) in [5.41, 5.74) is 5.43. The van der Waals surface area contributed by atoms with E-state index in [1.165, 1.54) is 0 Å². The molecule has 1 amide bonds. The Kier molecular flexibility index (Phi) is 4.62. The summed E-state index contributed by atoms with van der Waals surface area (Å²) in [5, 5.41) is 11.3. The maximum Gasteiger partial charge on any atom is 0.223 e. The van der Waals surface area contributed by atoms with E-state index in [4.69, 9.17) is 22.1 Å². The minimum absolute atomic E-state index is 0.0184. The second-order valence-electron chi connectivity index (χ2n) is 9.28. The minimum Gasteiger partial charge on any atom is -0.369 e. The second-order valence-corrected chi connectivity index (χ2v) is 9.72. The van der Waals surface area contributed by atoms with E-state index in [2.05, 4.69) is 9.97 Å². The first-order valence-corrected chi connectivity index (χ1v) is 10.7. The van der Waals surface area contributed by atoms with Crippen LogP contribution in [0.3, 0.4) is 0 Å². The van der Waals surface area contributed by atoms with Gasteiger partial charge >= 0.3 is 0 Å². The van der Waals surface area contributed by atoms with Gasteiger partial charge in [0.1, 0.15) is 5.82 Å². The largest absolute Gasteiger partial charge is 0.369 e. The van der Waals surface area contributed by atoms with Gasteiger partial charge in [-0.1, -0.05) is 11.6 Å². The fraction of sp³-hybridized carbons (Fsp3) is 0.750. The number of hydrogen-bond donors (Lipinski definition) is 2. The fourth-order valence-electron chi connectivity index (χ4n) is 6.46. The number of aromatic nitrogens is 2. The monoisotopic (exact) mass is 406 g/mol. The van der Waals surface area contributed by atoms with Crippen LogP contribution in [0.2, 0.25) is 5.02 Å². The van der Waals surface area contributed by atoms with Crippen molar-refractivity contribution in [3.63, 3.8) is 0 Å². The van der Waals surface area contributed by atoms with Crippen molar-refractivity contribution in [2.45, 2.75) is 57.0 Å². The van der Waals surface area contributed by atoms with Gasteiger partial charge in [-0.25, -0.2) is 9.97 Å². The van der Waals surface area contributed by atoms with Gasteiger partial charge in [0.2, 0.25) is 12.3 Å². The average Bonchev–Trinajstić information content (AvgIpc) is 3.15. The Hall–Kier alpha value is -1.28. The van der Waals surface area contributed by atoms with Crippen LogP contribution < -0.4 is 5.73 Å². The Morgan fingerprint density at radius 2 is 1.96 bits per heavy atom. The third-order valence-corrected chi connectivity index (χ3v) is 7.72. The Morgan fingerprint density at radius 3 is 2.61 bits per heavy atom. The van der Waals surface area contributed by atoms with E-state index in [0.29, 0.717) is 29.3 Å². The predicted octanol–water partition coefficient (Wildman–Crippen LogP) is 1.89. The first-order chi connectivity index (χ1) is 13.4. The molecule has 4 atom stereocenters. The molecule has 1 aromatic heterocycles. The lowest BCUT2D eigenvalue weighted by Crippen LogP contribution is -2.59. The number of likely N-dealkylation sites (tertiary alicyclic amines) is 1. The van der Waals surface area contributed by atoms with Crippen LogP contribution in [0.25, 0.3) is 0 Å². The van der Waals surface area contributed by atoms with E-state index in [-0.39, 0.29) is 23.3 Å². The standard InChI is InChI=1S/C20H27ClN4O3/c21-15-8-23-17(24-9-15)12-1-2-25(10-12)19(27)28-16-13-3-11-4-14(16)7-20(5-11,6-13)18(22)26/h8-9,11-14,16,19,27H,1-7,10H2,(H2,22,26). The van der Waals surface area contributed by atoms with Crippen LogP contribution in [0, 0.1) is 23.2 Å². The number of amides is 1. The number of primary amides is 1. The Morgan fingerprint density at radius 1 is 1.29 bits per heavy atom. The topological polar surface area (TPSA) is 102 Å². The van der Waals surface area contributed by atoms with Gasteiger partial charge in [0, 0.05) is 36.8 Å². The highest BCUT2D eigenvalue weighted by Crippen LogP contribution is 2.60. The van der Waals surface area contributed by atoms with E-state index in [1.54, 1.807) is 12.4 Å². The summed E-state index contributed by atoms with van der Waals surface area (Å²) in [6, 6.07) is 0. The average molecular weight is 407 g/mol. The maximum absolute atomic E-state index is 12.1. The van der Waals surface area contributed by atoms with Crippen LogP contribution >= 0.6 is 11.6 Å². The molecule has 4 aliphatic carbocycles. The summed E-state index contributed by atoms with van der Waals surface area (Å²) < 4.78 is 6.21. The van der Waals surface area contributed by atoms with Gasteiger partial charge in [-0.3, -0.25) is 9.69 Å². The number of halogens is 1. The molecule has 1 saturated heterocycles. The molecule has 28 heavy (non-hydrogen) atoms. The summed E-state index contributed by atoms with van der Waals surface area (Å²) in [6.07, 6.45) is 7.95. The summed E-state index contributed by atoms with van der Waals surface area (Å²) in [6.45, 7) is 1.41. The van der Waals surface area contributed by atoms with Crippen LogP contribution in [-0.2, 0) is 9.53 Å². The number of hydrogen-bond acceptors (Lipinski definition) is 6. The van der Waals surface area contributed by atoms with Gasteiger partial charge in [0.05, 0.1) is 11.1 Å². The van der Waals surface area contributed by atoms with Gasteiger partial charge in [-0.05, 0) is 56.3 Å². The molecule has 6 rings (SSSR count).